The fraction of sp³-hybridized carbons (Fsp3) is 0.381. The maximum Gasteiger partial charge on any atom is 0.222 e. The molecule has 4 nitrogen and oxygen atoms in total. The number of carbonyl (C=O) groups is 1. The molecule has 0 heterocycles. The SMILES string of the molecule is NC(CC(=O)NCc1ccccc1OC1CCCC1)c1ccccc1. The zero-order chi connectivity index (χ0) is 17.5. The number of benzene rings is 2. The van der Waals surface area contributed by atoms with E-state index in [1.54, 1.807) is 0 Å². The molecule has 1 saturated carbocycles. The maximum absolute atomic E-state index is 12.2. The third-order valence-corrected chi connectivity index (χ3v) is 4.68. The fourth-order valence-corrected chi connectivity index (χ4v) is 3.23. The summed E-state index contributed by atoms with van der Waals surface area (Å²) < 4.78 is 6.11. The second-order valence-corrected chi connectivity index (χ2v) is 6.63. The molecule has 1 atom stereocenters. The lowest BCUT2D eigenvalue weighted by Gasteiger charge is -2.17. The molecule has 4 heteroatoms. The number of carbonyl (C=O) groups excluding carboxylic acids is 1. The highest BCUT2D eigenvalue weighted by Gasteiger charge is 2.18. The summed E-state index contributed by atoms with van der Waals surface area (Å²) in [5, 5.41) is 2.97. The quantitative estimate of drug-likeness (QED) is 0.809. The van der Waals surface area contributed by atoms with Gasteiger partial charge in [0, 0.05) is 24.6 Å². The smallest absolute Gasteiger partial charge is 0.222 e. The molecule has 0 radical (unpaired) electrons. The number of nitrogens with one attached hydrogen (secondary N) is 1. The van der Waals surface area contributed by atoms with Crippen molar-refractivity contribution in [3.8, 4) is 5.75 Å². The Morgan fingerprint density at radius 1 is 1.08 bits per heavy atom. The van der Waals surface area contributed by atoms with Gasteiger partial charge in [-0.05, 0) is 37.3 Å². The van der Waals surface area contributed by atoms with E-state index in [0.717, 1.165) is 29.7 Å². The summed E-state index contributed by atoms with van der Waals surface area (Å²) in [5.74, 6) is 0.828. The van der Waals surface area contributed by atoms with Crippen LogP contribution in [-0.2, 0) is 11.3 Å². The highest BCUT2D eigenvalue weighted by atomic mass is 16.5. The number of ether oxygens (including phenoxy) is 1. The molecule has 2 aromatic rings. The Balaban J connectivity index is 1.53. The number of hydrogen-bond acceptors (Lipinski definition) is 3. The van der Waals surface area contributed by atoms with Gasteiger partial charge >= 0.3 is 0 Å². The Bertz CT molecular complexity index is 681. The Kier molecular flexibility index (Phi) is 6.07. The van der Waals surface area contributed by atoms with Gasteiger partial charge in [-0.1, -0.05) is 48.5 Å². The molecule has 25 heavy (non-hydrogen) atoms. The van der Waals surface area contributed by atoms with Gasteiger partial charge in [-0.2, -0.15) is 0 Å². The van der Waals surface area contributed by atoms with Crippen molar-refractivity contribution in [2.45, 2.75) is 50.8 Å². The van der Waals surface area contributed by atoms with Crippen LogP contribution in [0.3, 0.4) is 0 Å². The first kappa shape index (κ1) is 17.5. The average molecular weight is 338 g/mol. The van der Waals surface area contributed by atoms with E-state index >= 15 is 0 Å². The zero-order valence-electron chi connectivity index (χ0n) is 14.5. The van der Waals surface area contributed by atoms with E-state index in [4.69, 9.17) is 10.5 Å². The lowest BCUT2D eigenvalue weighted by Crippen LogP contribution is -2.27. The number of amides is 1. The van der Waals surface area contributed by atoms with Crippen molar-refractivity contribution < 1.29 is 9.53 Å². The predicted octanol–water partition coefficient (Wildman–Crippen LogP) is 3.71. The van der Waals surface area contributed by atoms with E-state index in [0.29, 0.717) is 12.6 Å². The molecule has 0 aromatic heterocycles. The van der Waals surface area contributed by atoms with E-state index in [1.165, 1.54) is 12.8 Å². The van der Waals surface area contributed by atoms with Gasteiger partial charge in [0.25, 0.3) is 0 Å². The van der Waals surface area contributed by atoms with Crippen LogP contribution in [0.4, 0.5) is 0 Å². The van der Waals surface area contributed by atoms with Gasteiger partial charge in [-0.3, -0.25) is 4.79 Å². The molecule has 132 valence electrons. The highest BCUT2D eigenvalue weighted by molar-refractivity contribution is 5.76. The molecule has 1 fully saturated rings. The molecular weight excluding hydrogens is 312 g/mol. The van der Waals surface area contributed by atoms with Crippen LogP contribution < -0.4 is 15.8 Å². The Labute approximate surface area is 149 Å². The van der Waals surface area contributed by atoms with Crippen LogP contribution in [0.25, 0.3) is 0 Å². The molecule has 3 N–H and O–H groups in total. The summed E-state index contributed by atoms with van der Waals surface area (Å²) in [5.41, 5.74) is 8.10. The van der Waals surface area contributed by atoms with Crippen LogP contribution in [0.15, 0.2) is 54.6 Å². The molecule has 3 rings (SSSR count). The molecule has 1 aliphatic rings. The Morgan fingerprint density at radius 3 is 2.52 bits per heavy atom. The molecule has 0 saturated heterocycles. The van der Waals surface area contributed by atoms with Crippen molar-refractivity contribution in [1.82, 2.24) is 5.32 Å². The van der Waals surface area contributed by atoms with Gasteiger partial charge in [-0.25, -0.2) is 0 Å². The van der Waals surface area contributed by atoms with Gasteiger partial charge in [0.2, 0.25) is 5.91 Å². The molecule has 1 amide bonds. The molecule has 1 unspecified atom stereocenters. The third-order valence-electron chi connectivity index (χ3n) is 4.68. The average Bonchev–Trinajstić information content (AvgIpc) is 3.15. The normalized spacial score (nSPS) is 15.7. The number of hydrogen-bond donors (Lipinski definition) is 2. The number of rotatable bonds is 7. The van der Waals surface area contributed by atoms with Crippen LogP contribution in [-0.4, -0.2) is 12.0 Å². The lowest BCUT2D eigenvalue weighted by atomic mass is 10.0. The van der Waals surface area contributed by atoms with Gasteiger partial charge in [0.1, 0.15) is 5.75 Å². The van der Waals surface area contributed by atoms with Crippen LogP contribution in [0.5, 0.6) is 5.75 Å². The zero-order valence-corrected chi connectivity index (χ0v) is 14.5. The molecular formula is C21H26N2O2. The Morgan fingerprint density at radius 2 is 1.76 bits per heavy atom. The van der Waals surface area contributed by atoms with Crippen molar-refractivity contribution in [2.75, 3.05) is 0 Å². The molecule has 1 aliphatic carbocycles. The van der Waals surface area contributed by atoms with Crippen molar-refractivity contribution in [2.24, 2.45) is 5.73 Å². The number of para-hydroxylation sites is 1. The van der Waals surface area contributed by atoms with E-state index in [9.17, 15) is 4.79 Å². The van der Waals surface area contributed by atoms with Crippen LogP contribution in [0.2, 0.25) is 0 Å². The van der Waals surface area contributed by atoms with Crippen LogP contribution in [0, 0.1) is 0 Å². The summed E-state index contributed by atoms with van der Waals surface area (Å²) in [6.07, 6.45) is 5.29. The summed E-state index contributed by atoms with van der Waals surface area (Å²) in [4.78, 5) is 12.2. The maximum atomic E-state index is 12.2. The fourth-order valence-electron chi connectivity index (χ4n) is 3.23. The van der Waals surface area contributed by atoms with Gasteiger partial charge in [0.05, 0.1) is 6.10 Å². The molecule has 2 aromatic carbocycles. The van der Waals surface area contributed by atoms with Gasteiger partial charge in [-0.15, -0.1) is 0 Å². The van der Waals surface area contributed by atoms with Crippen molar-refractivity contribution >= 4 is 5.91 Å². The monoisotopic (exact) mass is 338 g/mol. The minimum atomic E-state index is -0.286. The summed E-state index contributed by atoms with van der Waals surface area (Å²) >= 11 is 0. The van der Waals surface area contributed by atoms with Crippen molar-refractivity contribution in [1.29, 1.82) is 0 Å². The van der Waals surface area contributed by atoms with Crippen LogP contribution >= 0.6 is 0 Å². The van der Waals surface area contributed by atoms with E-state index < -0.39 is 0 Å². The minimum Gasteiger partial charge on any atom is -0.490 e. The van der Waals surface area contributed by atoms with E-state index in [1.807, 2.05) is 54.6 Å². The summed E-state index contributed by atoms with van der Waals surface area (Å²) in [6.45, 7) is 0.462. The van der Waals surface area contributed by atoms with E-state index in [-0.39, 0.29) is 18.4 Å². The van der Waals surface area contributed by atoms with E-state index in [2.05, 4.69) is 5.32 Å². The molecule has 0 spiro atoms. The first-order chi connectivity index (χ1) is 12.2. The minimum absolute atomic E-state index is 0.0491. The topological polar surface area (TPSA) is 64.4 Å². The molecule has 0 bridgehead atoms. The van der Waals surface area contributed by atoms with Crippen LogP contribution in [0.1, 0.15) is 49.3 Å². The standard InChI is InChI=1S/C21H26N2O2/c22-19(16-8-2-1-3-9-16)14-21(24)23-15-17-10-4-7-13-20(17)25-18-11-5-6-12-18/h1-4,7-10,13,18-19H,5-6,11-12,14-15,22H2,(H,23,24). The summed E-state index contributed by atoms with van der Waals surface area (Å²) in [7, 11) is 0. The molecule has 0 aliphatic heterocycles. The summed E-state index contributed by atoms with van der Waals surface area (Å²) in [6, 6.07) is 17.3. The first-order valence-corrected chi connectivity index (χ1v) is 9.04. The van der Waals surface area contributed by atoms with Crippen molar-refractivity contribution in [3.63, 3.8) is 0 Å². The Hall–Kier alpha value is -2.33. The second-order valence-electron chi connectivity index (χ2n) is 6.63. The predicted molar refractivity (Wildman–Crippen MR) is 99.2 cm³/mol. The third kappa shape index (κ3) is 5.07. The highest BCUT2D eigenvalue weighted by Crippen LogP contribution is 2.26. The van der Waals surface area contributed by atoms with Gasteiger partial charge < -0.3 is 15.8 Å². The lowest BCUT2D eigenvalue weighted by molar-refractivity contribution is -0.121. The second kappa shape index (κ2) is 8.67. The van der Waals surface area contributed by atoms with Gasteiger partial charge in [0.15, 0.2) is 0 Å². The first-order valence-electron chi connectivity index (χ1n) is 9.04. The largest absolute Gasteiger partial charge is 0.490 e. The number of nitrogens with two attached hydrogens (primary N) is 1. The van der Waals surface area contributed by atoms with Crippen molar-refractivity contribution in [3.05, 3.63) is 65.7 Å².